The van der Waals surface area contributed by atoms with Crippen molar-refractivity contribution in [2.45, 2.75) is 58.6 Å². The number of ether oxygens (including phenoxy) is 2. The van der Waals surface area contributed by atoms with E-state index in [0.717, 1.165) is 32.3 Å². The summed E-state index contributed by atoms with van der Waals surface area (Å²) >= 11 is 0. The van der Waals surface area contributed by atoms with E-state index in [2.05, 4.69) is 26.1 Å². The Bertz CT molecular complexity index is 177. The Hall–Kier alpha value is -0.120. The lowest BCUT2D eigenvalue weighted by Crippen LogP contribution is -2.47. The van der Waals surface area contributed by atoms with Crippen LogP contribution in [0, 0.1) is 5.92 Å². The minimum Gasteiger partial charge on any atom is -0.376 e. The van der Waals surface area contributed by atoms with Crippen molar-refractivity contribution in [2.75, 3.05) is 26.4 Å². The molecular formula is C14H29NO2. The second-order valence-electron chi connectivity index (χ2n) is 4.96. The quantitative estimate of drug-likeness (QED) is 0.711. The highest BCUT2D eigenvalue weighted by Crippen LogP contribution is 2.19. The molecule has 0 radical (unpaired) electrons. The highest BCUT2D eigenvalue weighted by molar-refractivity contribution is 4.81. The summed E-state index contributed by atoms with van der Waals surface area (Å²) in [7, 11) is 0. The lowest BCUT2D eigenvalue weighted by molar-refractivity contribution is -0.104. The molecule has 1 rings (SSSR count). The molecule has 1 N–H and O–H groups in total. The van der Waals surface area contributed by atoms with Gasteiger partial charge < -0.3 is 14.8 Å². The summed E-state index contributed by atoms with van der Waals surface area (Å²) in [5, 5.41) is 3.63. The SMILES string of the molecule is CCCNC(CC(CC)CC)C1COCCO1. The van der Waals surface area contributed by atoms with Crippen LogP contribution in [0.15, 0.2) is 0 Å². The molecule has 1 heterocycles. The molecule has 0 aromatic rings. The van der Waals surface area contributed by atoms with Gasteiger partial charge in [0.1, 0.15) is 0 Å². The topological polar surface area (TPSA) is 30.5 Å². The standard InChI is InChI=1S/C14H29NO2/c1-4-7-15-13(10-12(5-2)6-3)14-11-16-8-9-17-14/h12-15H,4-11H2,1-3H3. The fourth-order valence-corrected chi connectivity index (χ4v) is 2.42. The van der Waals surface area contributed by atoms with E-state index < -0.39 is 0 Å². The van der Waals surface area contributed by atoms with E-state index in [9.17, 15) is 0 Å². The van der Waals surface area contributed by atoms with Gasteiger partial charge in [0, 0.05) is 6.04 Å². The summed E-state index contributed by atoms with van der Waals surface area (Å²) in [5.74, 6) is 0.801. The number of rotatable bonds is 8. The van der Waals surface area contributed by atoms with Crippen LogP contribution in [0.2, 0.25) is 0 Å². The van der Waals surface area contributed by atoms with E-state index >= 15 is 0 Å². The highest BCUT2D eigenvalue weighted by atomic mass is 16.6. The maximum absolute atomic E-state index is 5.84. The summed E-state index contributed by atoms with van der Waals surface area (Å²) in [6.07, 6.45) is 5.15. The Morgan fingerprint density at radius 1 is 1.18 bits per heavy atom. The molecule has 3 heteroatoms. The molecule has 102 valence electrons. The van der Waals surface area contributed by atoms with E-state index in [1.807, 2.05) is 0 Å². The summed E-state index contributed by atoms with van der Waals surface area (Å²) in [6, 6.07) is 0.458. The van der Waals surface area contributed by atoms with Crippen molar-refractivity contribution in [3.8, 4) is 0 Å². The van der Waals surface area contributed by atoms with Gasteiger partial charge in [-0.05, 0) is 25.3 Å². The number of nitrogens with one attached hydrogen (secondary N) is 1. The molecule has 2 atom stereocenters. The lowest BCUT2D eigenvalue weighted by atomic mass is 9.92. The Morgan fingerprint density at radius 3 is 2.47 bits per heavy atom. The van der Waals surface area contributed by atoms with Crippen LogP contribution in [-0.2, 0) is 9.47 Å². The van der Waals surface area contributed by atoms with Crippen molar-refractivity contribution in [3.05, 3.63) is 0 Å². The molecule has 0 amide bonds. The lowest BCUT2D eigenvalue weighted by Gasteiger charge is -2.33. The van der Waals surface area contributed by atoms with Gasteiger partial charge in [0.25, 0.3) is 0 Å². The molecule has 1 aliphatic rings. The summed E-state index contributed by atoms with van der Waals surface area (Å²) < 4.78 is 11.4. The zero-order chi connectivity index (χ0) is 12.5. The van der Waals surface area contributed by atoms with Gasteiger partial charge in [-0.15, -0.1) is 0 Å². The van der Waals surface area contributed by atoms with Gasteiger partial charge >= 0.3 is 0 Å². The molecule has 0 bridgehead atoms. The molecule has 2 unspecified atom stereocenters. The maximum atomic E-state index is 5.84. The molecule has 0 aromatic heterocycles. The molecule has 0 aromatic carbocycles. The van der Waals surface area contributed by atoms with Crippen LogP contribution in [0.5, 0.6) is 0 Å². The highest BCUT2D eigenvalue weighted by Gasteiger charge is 2.26. The van der Waals surface area contributed by atoms with Crippen molar-refractivity contribution in [1.29, 1.82) is 0 Å². The molecule has 0 spiro atoms. The van der Waals surface area contributed by atoms with E-state index in [4.69, 9.17) is 9.47 Å². The Balaban J connectivity index is 2.45. The first-order valence-electron chi connectivity index (χ1n) is 7.24. The van der Waals surface area contributed by atoms with E-state index in [-0.39, 0.29) is 6.10 Å². The average molecular weight is 243 g/mol. The molecule has 3 nitrogen and oxygen atoms in total. The molecule has 1 saturated heterocycles. The van der Waals surface area contributed by atoms with Crippen molar-refractivity contribution in [1.82, 2.24) is 5.32 Å². The fourth-order valence-electron chi connectivity index (χ4n) is 2.42. The zero-order valence-corrected chi connectivity index (χ0v) is 11.7. The summed E-state index contributed by atoms with van der Waals surface area (Å²) in [4.78, 5) is 0. The Labute approximate surface area is 106 Å². The minimum absolute atomic E-state index is 0.246. The molecule has 0 saturated carbocycles. The Morgan fingerprint density at radius 2 is 1.94 bits per heavy atom. The first kappa shape index (κ1) is 14.9. The van der Waals surface area contributed by atoms with Crippen molar-refractivity contribution in [3.63, 3.8) is 0 Å². The normalized spacial score (nSPS) is 22.9. The Kier molecular flexibility index (Phi) is 7.82. The van der Waals surface area contributed by atoms with Gasteiger partial charge in [-0.3, -0.25) is 0 Å². The minimum atomic E-state index is 0.246. The largest absolute Gasteiger partial charge is 0.376 e. The third-order valence-corrected chi connectivity index (χ3v) is 3.69. The van der Waals surface area contributed by atoms with E-state index in [0.29, 0.717) is 6.04 Å². The molecule has 0 aliphatic carbocycles. The van der Waals surface area contributed by atoms with Crippen molar-refractivity contribution >= 4 is 0 Å². The smallest absolute Gasteiger partial charge is 0.0962 e. The van der Waals surface area contributed by atoms with Crippen LogP contribution < -0.4 is 5.32 Å². The van der Waals surface area contributed by atoms with E-state index in [1.165, 1.54) is 25.7 Å². The summed E-state index contributed by atoms with van der Waals surface area (Å²) in [5.41, 5.74) is 0. The van der Waals surface area contributed by atoms with Gasteiger partial charge in [-0.2, -0.15) is 0 Å². The third-order valence-electron chi connectivity index (χ3n) is 3.69. The van der Waals surface area contributed by atoms with Crippen molar-refractivity contribution in [2.24, 2.45) is 5.92 Å². The first-order chi connectivity index (χ1) is 8.31. The summed E-state index contributed by atoms with van der Waals surface area (Å²) in [6.45, 7) is 10.1. The van der Waals surface area contributed by atoms with E-state index in [1.54, 1.807) is 0 Å². The van der Waals surface area contributed by atoms with Gasteiger partial charge in [0.05, 0.1) is 25.9 Å². The molecular weight excluding hydrogens is 214 g/mol. The zero-order valence-electron chi connectivity index (χ0n) is 11.7. The number of hydrogen-bond acceptors (Lipinski definition) is 3. The first-order valence-corrected chi connectivity index (χ1v) is 7.24. The predicted molar refractivity (Wildman–Crippen MR) is 71.3 cm³/mol. The molecule has 1 aliphatic heterocycles. The van der Waals surface area contributed by atoms with Crippen LogP contribution in [0.1, 0.15) is 46.5 Å². The van der Waals surface area contributed by atoms with Gasteiger partial charge in [0.15, 0.2) is 0 Å². The maximum Gasteiger partial charge on any atom is 0.0962 e. The average Bonchev–Trinajstić information content (AvgIpc) is 2.40. The van der Waals surface area contributed by atoms with Gasteiger partial charge in [-0.25, -0.2) is 0 Å². The fraction of sp³-hybridized carbons (Fsp3) is 1.00. The van der Waals surface area contributed by atoms with Crippen LogP contribution >= 0.6 is 0 Å². The monoisotopic (exact) mass is 243 g/mol. The van der Waals surface area contributed by atoms with Crippen molar-refractivity contribution < 1.29 is 9.47 Å². The van der Waals surface area contributed by atoms with Crippen LogP contribution in [0.3, 0.4) is 0 Å². The van der Waals surface area contributed by atoms with Gasteiger partial charge in [0.2, 0.25) is 0 Å². The second kappa shape index (κ2) is 8.90. The van der Waals surface area contributed by atoms with Gasteiger partial charge in [-0.1, -0.05) is 33.6 Å². The van der Waals surface area contributed by atoms with Crippen LogP contribution in [-0.4, -0.2) is 38.5 Å². The predicted octanol–water partition coefficient (Wildman–Crippen LogP) is 2.60. The van der Waals surface area contributed by atoms with Crippen LogP contribution in [0.25, 0.3) is 0 Å². The second-order valence-corrected chi connectivity index (χ2v) is 4.96. The molecule has 17 heavy (non-hydrogen) atoms. The van der Waals surface area contributed by atoms with Crippen LogP contribution in [0.4, 0.5) is 0 Å². The number of hydrogen-bond donors (Lipinski definition) is 1. The molecule has 1 fully saturated rings. The third kappa shape index (κ3) is 5.36.